The number of nitriles is 1. The zero-order chi connectivity index (χ0) is 18.7. The summed E-state index contributed by atoms with van der Waals surface area (Å²) in [4.78, 5) is 8.76. The quantitative estimate of drug-likeness (QED) is 0.542. The topological polar surface area (TPSA) is 103 Å². The van der Waals surface area contributed by atoms with E-state index in [9.17, 15) is 0 Å². The van der Waals surface area contributed by atoms with Crippen LogP contribution in [-0.2, 0) is 0 Å². The Morgan fingerprint density at radius 1 is 1.23 bits per heavy atom. The third-order valence-electron chi connectivity index (χ3n) is 3.76. The van der Waals surface area contributed by atoms with E-state index in [1.165, 1.54) is 28.2 Å². The van der Waals surface area contributed by atoms with Gasteiger partial charge in [0.15, 0.2) is 11.0 Å². The molecule has 0 saturated heterocycles. The minimum Gasteiger partial charge on any atom is -0.439 e. The Morgan fingerprint density at radius 3 is 2.54 bits per heavy atom. The molecule has 8 heteroatoms. The highest BCUT2D eigenvalue weighted by Gasteiger charge is 2.13. The summed E-state index contributed by atoms with van der Waals surface area (Å²) in [6, 6.07) is 11.5. The van der Waals surface area contributed by atoms with Crippen LogP contribution in [0.15, 0.2) is 41.7 Å². The third kappa shape index (κ3) is 3.63. The first-order chi connectivity index (χ1) is 12.5. The van der Waals surface area contributed by atoms with Gasteiger partial charge in [0.2, 0.25) is 5.88 Å². The van der Waals surface area contributed by atoms with E-state index in [1.807, 2.05) is 36.6 Å². The molecule has 3 rings (SSSR count). The van der Waals surface area contributed by atoms with Gasteiger partial charge >= 0.3 is 0 Å². The molecule has 1 aromatic carbocycles. The first-order valence-corrected chi connectivity index (χ1v) is 9.19. The number of ether oxygens (including phenoxy) is 1. The van der Waals surface area contributed by atoms with Crippen LogP contribution in [0.4, 0.5) is 5.82 Å². The lowest BCUT2D eigenvalue weighted by atomic mass is 10.0. The molecular weight excluding hydrogens is 348 g/mol. The molecule has 0 radical (unpaired) electrons. The van der Waals surface area contributed by atoms with Crippen molar-refractivity contribution in [1.29, 1.82) is 5.26 Å². The SMILES string of the molecule is CSc1nc(Oc2ccc(C(C)C)cc2)cc(-n2ncc(C#N)c2N)n1. The molecular formula is C18H18N6OS. The second kappa shape index (κ2) is 7.45. The Bertz CT molecular complexity index is 959. The fourth-order valence-electron chi connectivity index (χ4n) is 2.31. The average molecular weight is 366 g/mol. The molecule has 132 valence electrons. The van der Waals surface area contributed by atoms with Crippen LogP contribution in [0.1, 0.15) is 30.9 Å². The summed E-state index contributed by atoms with van der Waals surface area (Å²) >= 11 is 1.38. The van der Waals surface area contributed by atoms with Gasteiger partial charge in [0.25, 0.3) is 0 Å². The molecule has 0 fully saturated rings. The molecule has 0 atom stereocenters. The molecule has 2 aromatic heterocycles. The number of thioether (sulfide) groups is 1. The van der Waals surface area contributed by atoms with Crippen LogP contribution >= 0.6 is 11.8 Å². The highest BCUT2D eigenvalue weighted by Crippen LogP contribution is 2.26. The maximum atomic E-state index is 9.05. The number of nitrogens with two attached hydrogens (primary N) is 1. The number of nitrogen functional groups attached to an aromatic ring is 1. The summed E-state index contributed by atoms with van der Waals surface area (Å²) in [6.07, 6.45) is 3.27. The van der Waals surface area contributed by atoms with Crippen LogP contribution in [0.25, 0.3) is 5.82 Å². The van der Waals surface area contributed by atoms with Gasteiger partial charge in [-0.3, -0.25) is 0 Å². The number of aromatic nitrogens is 4. The predicted molar refractivity (Wildman–Crippen MR) is 101 cm³/mol. The van der Waals surface area contributed by atoms with Crippen LogP contribution in [0.3, 0.4) is 0 Å². The molecule has 0 aliphatic carbocycles. The molecule has 2 heterocycles. The zero-order valence-electron chi connectivity index (χ0n) is 14.7. The summed E-state index contributed by atoms with van der Waals surface area (Å²) in [5.74, 6) is 2.18. The van der Waals surface area contributed by atoms with Gasteiger partial charge in [0.05, 0.1) is 6.20 Å². The molecule has 0 saturated carbocycles. The van der Waals surface area contributed by atoms with Gasteiger partial charge in [0.1, 0.15) is 23.2 Å². The third-order valence-corrected chi connectivity index (χ3v) is 4.31. The van der Waals surface area contributed by atoms with E-state index in [1.54, 1.807) is 6.07 Å². The molecule has 0 amide bonds. The van der Waals surface area contributed by atoms with E-state index < -0.39 is 0 Å². The molecule has 3 aromatic rings. The minimum atomic E-state index is 0.227. The summed E-state index contributed by atoms with van der Waals surface area (Å²) < 4.78 is 7.28. The van der Waals surface area contributed by atoms with Crippen LogP contribution in [0.5, 0.6) is 11.6 Å². The fraction of sp³-hybridized carbons (Fsp3) is 0.222. The molecule has 0 aliphatic rings. The summed E-state index contributed by atoms with van der Waals surface area (Å²) in [6.45, 7) is 4.28. The van der Waals surface area contributed by atoms with Gasteiger partial charge in [-0.1, -0.05) is 37.7 Å². The molecule has 0 bridgehead atoms. The predicted octanol–water partition coefficient (Wildman–Crippen LogP) is 3.75. The van der Waals surface area contributed by atoms with Crippen molar-refractivity contribution in [3.8, 4) is 23.5 Å². The maximum Gasteiger partial charge on any atom is 0.225 e. The zero-order valence-corrected chi connectivity index (χ0v) is 15.5. The van der Waals surface area contributed by atoms with Crippen LogP contribution < -0.4 is 10.5 Å². The lowest BCUT2D eigenvalue weighted by Crippen LogP contribution is -2.06. The number of rotatable bonds is 5. The van der Waals surface area contributed by atoms with Crippen molar-refractivity contribution >= 4 is 17.6 Å². The lowest BCUT2D eigenvalue weighted by Gasteiger charge is -2.10. The number of hydrogen-bond donors (Lipinski definition) is 1. The maximum absolute atomic E-state index is 9.05. The first kappa shape index (κ1) is 17.8. The highest BCUT2D eigenvalue weighted by atomic mass is 32.2. The molecule has 2 N–H and O–H groups in total. The van der Waals surface area contributed by atoms with E-state index in [0.29, 0.717) is 34.1 Å². The highest BCUT2D eigenvalue weighted by molar-refractivity contribution is 7.98. The average Bonchev–Trinajstić information content (AvgIpc) is 3.02. The number of benzene rings is 1. The fourth-order valence-corrected chi connectivity index (χ4v) is 2.68. The van der Waals surface area contributed by atoms with Crippen LogP contribution in [-0.4, -0.2) is 26.0 Å². The van der Waals surface area contributed by atoms with Gasteiger partial charge in [-0.15, -0.1) is 0 Å². The van der Waals surface area contributed by atoms with E-state index >= 15 is 0 Å². The molecule has 0 aliphatic heterocycles. The van der Waals surface area contributed by atoms with Gasteiger partial charge in [-0.2, -0.15) is 20.0 Å². The number of nitrogens with zero attached hydrogens (tertiary/aromatic N) is 5. The Hall–Kier alpha value is -3.05. The second-order valence-electron chi connectivity index (χ2n) is 5.84. The summed E-state index contributed by atoms with van der Waals surface area (Å²) in [5.41, 5.74) is 7.48. The largest absolute Gasteiger partial charge is 0.439 e. The Labute approximate surface area is 155 Å². The van der Waals surface area contributed by atoms with E-state index in [2.05, 4.69) is 28.9 Å². The molecule has 0 unspecified atom stereocenters. The Morgan fingerprint density at radius 2 is 1.96 bits per heavy atom. The van der Waals surface area contributed by atoms with Crippen molar-refractivity contribution in [2.45, 2.75) is 24.9 Å². The first-order valence-electron chi connectivity index (χ1n) is 7.96. The Balaban J connectivity index is 1.95. The van der Waals surface area contributed by atoms with E-state index in [0.717, 1.165) is 0 Å². The summed E-state index contributed by atoms with van der Waals surface area (Å²) in [5, 5.41) is 13.7. The lowest BCUT2D eigenvalue weighted by molar-refractivity contribution is 0.454. The molecule has 26 heavy (non-hydrogen) atoms. The van der Waals surface area contributed by atoms with Crippen molar-refractivity contribution in [3.63, 3.8) is 0 Å². The van der Waals surface area contributed by atoms with Gasteiger partial charge < -0.3 is 10.5 Å². The number of hydrogen-bond acceptors (Lipinski definition) is 7. The minimum absolute atomic E-state index is 0.227. The van der Waals surface area contributed by atoms with E-state index in [4.69, 9.17) is 15.7 Å². The molecule has 0 spiro atoms. The van der Waals surface area contributed by atoms with Crippen molar-refractivity contribution in [2.24, 2.45) is 0 Å². The standard InChI is InChI=1S/C18H18N6OS/c1-11(2)12-4-6-14(7-5-12)25-16-8-15(22-18(23-16)26-3)24-17(20)13(9-19)10-21-24/h4-8,10-11H,20H2,1-3H3. The van der Waals surface area contributed by atoms with Crippen LogP contribution in [0.2, 0.25) is 0 Å². The van der Waals surface area contributed by atoms with Crippen molar-refractivity contribution in [2.75, 3.05) is 12.0 Å². The normalized spacial score (nSPS) is 10.7. The van der Waals surface area contributed by atoms with Gasteiger partial charge in [-0.05, 0) is 29.9 Å². The molecule has 7 nitrogen and oxygen atoms in total. The number of anilines is 1. The second-order valence-corrected chi connectivity index (χ2v) is 6.62. The Kier molecular flexibility index (Phi) is 5.09. The van der Waals surface area contributed by atoms with Crippen molar-refractivity contribution in [3.05, 3.63) is 47.7 Å². The van der Waals surface area contributed by atoms with Gasteiger partial charge in [-0.25, -0.2) is 4.98 Å². The van der Waals surface area contributed by atoms with Crippen molar-refractivity contribution in [1.82, 2.24) is 19.7 Å². The monoisotopic (exact) mass is 366 g/mol. The van der Waals surface area contributed by atoms with Gasteiger partial charge in [0, 0.05) is 6.07 Å². The van der Waals surface area contributed by atoms with Crippen LogP contribution in [0, 0.1) is 11.3 Å². The summed E-state index contributed by atoms with van der Waals surface area (Å²) in [7, 11) is 0. The van der Waals surface area contributed by atoms with E-state index in [-0.39, 0.29) is 5.82 Å². The smallest absolute Gasteiger partial charge is 0.225 e. The van der Waals surface area contributed by atoms with Crippen molar-refractivity contribution < 1.29 is 4.74 Å².